The van der Waals surface area contributed by atoms with Crippen molar-refractivity contribution in [1.82, 2.24) is 10.4 Å². The number of furan rings is 1. The Kier molecular flexibility index (Phi) is 6.43. The summed E-state index contributed by atoms with van der Waals surface area (Å²) in [5.41, 5.74) is 2.45. The molecule has 0 bridgehead atoms. The Morgan fingerprint density at radius 2 is 2.18 bits per heavy atom. The van der Waals surface area contributed by atoms with Crippen LogP contribution in [0.25, 0.3) is 6.08 Å². The highest BCUT2D eigenvalue weighted by Crippen LogP contribution is 2.13. The van der Waals surface area contributed by atoms with Crippen LogP contribution in [0.15, 0.2) is 65.0 Å². The number of amides is 2. The normalized spacial score (nSPS) is 16.7. The van der Waals surface area contributed by atoms with Crippen LogP contribution >= 0.6 is 0 Å². The standard InChI is InChI=1S/C9H8N2O3.C7H10O/c1-11-9(13)7(8(12)10-11)5-6-3-2-4-14-6;1-3-5-7(8)6-4-2/h2-5H,1H3,(H,10,12);3-6,8H,1H2,2H3/b7-5-;6-4-,7-5+. The fourth-order valence-corrected chi connectivity index (χ4v) is 1.53. The van der Waals surface area contributed by atoms with Crippen molar-refractivity contribution in [2.24, 2.45) is 0 Å². The molecule has 2 amide bonds. The fraction of sp³-hybridized carbons (Fsp3) is 0.125. The van der Waals surface area contributed by atoms with Gasteiger partial charge in [-0.25, -0.2) is 0 Å². The number of aliphatic hydroxyl groups is 1. The van der Waals surface area contributed by atoms with E-state index in [1.807, 2.05) is 6.92 Å². The third-order valence-corrected chi connectivity index (χ3v) is 2.50. The van der Waals surface area contributed by atoms with Crippen LogP contribution in [0, 0.1) is 0 Å². The summed E-state index contributed by atoms with van der Waals surface area (Å²) < 4.78 is 5.00. The number of hydrogen-bond acceptors (Lipinski definition) is 4. The van der Waals surface area contributed by atoms with E-state index in [4.69, 9.17) is 9.52 Å². The fourth-order valence-electron chi connectivity index (χ4n) is 1.53. The van der Waals surface area contributed by atoms with Gasteiger partial charge in [0.05, 0.1) is 6.26 Å². The first-order chi connectivity index (χ1) is 10.5. The van der Waals surface area contributed by atoms with Crippen LogP contribution in [-0.4, -0.2) is 29.0 Å². The molecule has 2 heterocycles. The molecular formula is C16H18N2O4. The van der Waals surface area contributed by atoms with Gasteiger partial charge < -0.3 is 9.52 Å². The lowest BCUT2D eigenvalue weighted by Crippen LogP contribution is -2.31. The van der Waals surface area contributed by atoms with Crippen molar-refractivity contribution in [3.63, 3.8) is 0 Å². The summed E-state index contributed by atoms with van der Waals surface area (Å²) in [5.74, 6) is -0.0402. The van der Waals surface area contributed by atoms with E-state index in [2.05, 4.69) is 12.0 Å². The Balaban J connectivity index is 0.000000261. The molecule has 2 N–H and O–H groups in total. The summed E-state index contributed by atoms with van der Waals surface area (Å²) in [4.78, 5) is 22.6. The summed E-state index contributed by atoms with van der Waals surface area (Å²) in [6, 6.07) is 3.36. The number of nitrogens with zero attached hydrogens (tertiary/aromatic N) is 1. The van der Waals surface area contributed by atoms with E-state index in [-0.39, 0.29) is 17.2 Å². The lowest BCUT2D eigenvalue weighted by atomic mass is 10.2. The second-order valence-corrected chi connectivity index (χ2v) is 4.21. The average Bonchev–Trinajstić information content (AvgIpc) is 3.05. The van der Waals surface area contributed by atoms with Crippen molar-refractivity contribution in [2.45, 2.75) is 6.92 Å². The lowest BCUT2D eigenvalue weighted by molar-refractivity contribution is -0.126. The smallest absolute Gasteiger partial charge is 0.277 e. The second kappa shape index (κ2) is 8.31. The van der Waals surface area contributed by atoms with E-state index in [9.17, 15) is 9.59 Å². The lowest BCUT2D eigenvalue weighted by Gasteiger charge is -2.03. The predicted molar refractivity (Wildman–Crippen MR) is 83.3 cm³/mol. The van der Waals surface area contributed by atoms with Crippen LogP contribution < -0.4 is 5.43 Å². The van der Waals surface area contributed by atoms with Gasteiger partial charge in [0.2, 0.25) is 0 Å². The summed E-state index contributed by atoms with van der Waals surface area (Å²) >= 11 is 0. The highest BCUT2D eigenvalue weighted by Gasteiger charge is 2.30. The third kappa shape index (κ3) is 4.82. The van der Waals surface area contributed by atoms with Gasteiger partial charge in [0.1, 0.15) is 17.1 Å². The Labute approximate surface area is 128 Å². The first-order valence-corrected chi connectivity index (χ1v) is 6.48. The SMILES string of the molecule is C=C/C=C(O)\C=C/C.CN1NC(=O)/C(=C/c2ccco2)C1=O. The van der Waals surface area contributed by atoms with Crippen molar-refractivity contribution in [1.29, 1.82) is 0 Å². The van der Waals surface area contributed by atoms with Crippen molar-refractivity contribution in [2.75, 3.05) is 7.05 Å². The molecule has 1 aliphatic heterocycles. The number of carbonyl (C=O) groups excluding carboxylic acids is 2. The molecule has 1 aromatic heterocycles. The van der Waals surface area contributed by atoms with E-state index < -0.39 is 5.91 Å². The number of aliphatic hydroxyl groups excluding tert-OH is 1. The number of carbonyl (C=O) groups is 2. The maximum atomic E-state index is 11.4. The van der Waals surface area contributed by atoms with Gasteiger partial charge in [-0.2, -0.15) is 0 Å². The van der Waals surface area contributed by atoms with Gasteiger partial charge in [-0.15, -0.1) is 0 Å². The van der Waals surface area contributed by atoms with Gasteiger partial charge in [0, 0.05) is 7.05 Å². The van der Waals surface area contributed by atoms with Crippen molar-refractivity contribution >= 4 is 17.9 Å². The molecule has 1 aliphatic rings. The molecule has 2 rings (SSSR count). The van der Waals surface area contributed by atoms with E-state index in [0.717, 1.165) is 5.01 Å². The number of likely N-dealkylation sites (N-methyl/N-ethyl adjacent to an activating group) is 1. The predicted octanol–water partition coefficient (Wildman–Crippen LogP) is 2.36. The zero-order valence-corrected chi connectivity index (χ0v) is 12.4. The molecule has 116 valence electrons. The van der Waals surface area contributed by atoms with Crippen LogP contribution in [0.4, 0.5) is 0 Å². The Hall–Kier alpha value is -3.02. The van der Waals surface area contributed by atoms with Gasteiger partial charge in [0.25, 0.3) is 11.8 Å². The van der Waals surface area contributed by atoms with Gasteiger partial charge >= 0.3 is 0 Å². The van der Waals surface area contributed by atoms with E-state index in [0.29, 0.717) is 5.76 Å². The number of hydrazine groups is 1. The first kappa shape index (κ1) is 17.0. The highest BCUT2D eigenvalue weighted by molar-refractivity contribution is 6.25. The monoisotopic (exact) mass is 302 g/mol. The van der Waals surface area contributed by atoms with E-state index >= 15 is 0 Å². The number of nitrogens with one attached hydrogen (secondary N) is 1. The van der Waals surface area contributed by atoms with Crippen LogP contribution in [0.5, 0.6) is 0 Å². The van der Waals surface area contributed by atoms with E-state index in [1.54, 1.807) is 24.3 Å². The van der Waals surface area contributed by atoms with Gasteiger partial charge in [-0.05, 0) is 37.3 Å². The number of rotatable bonds is 3. The molecule has 0 aromatic carbocycles. The first-order valence-electron chi connectivity index (χ1n) is 6.48. The number of allylic oxidation sites excluding steroid dienone is 4. The zero-order chi connectivity index (χ0) is 16.5. The molecule has 0 aliphatic carbocycles. The molecule has 0 saturated carbocycles. The molecule has 1 fully saturated rings. The van der Waals surface area contributed by atoms with Crippen molar-refractivity contribution in [3.05, 3.63) is 66.4 Å². The van der Waals surface area contributed by atoms with Gasteiger partial charge in [0.15, 0.2) is 0 Å². The molecule has 1 aromatic rings. The molecule has 0 spiro atoms. The maximum Gasteiger partial charge on any atom is 0.277 e. The van der Waals surface area contributed by atoms with Gasteiger partial charge in [-0.3, -0.25) is 20.0 Å². The summed E-state index contributed by atoms with van der Waals surface area (Å²) in [6.07, 6.45) is 9.32. The molecular weight excluding hydrogens is 284 g/mol. The Morgan fingerprint density at radius 3 is 2.64 bits per heavy atom. The quantitative estimate of drug-likeness (QED) is 0.388. The second-order valence-electron chi connectivity index (χ2n) is 4.21. The summed E-state index contributed by atoms with van der Waals surface area (Å²) in [7, 11) is 1.49. The zero-order valence-electron chi connectivity index (χ0n) is 12.4. The third-order valence-electron chi connectivity index (χ3n) is 2.50. The topological polar surface area (TPSA) is 82.8 Å². The molecule has 1 saturated heterocycles. The number of hydrogen-bond donors (Lipinski definition) is 2. The molecule has 22 heavy (non-hydrogen) atoms. The molecule has 6 heteroatoms. The Morgan fingerprint density at radius 1 is 1.45 bits per heavy atom. The van der Waals surface area contributed by atoms with Crippen molar-refractivity contribution < 1.29 is 19.1 Å². The summed E-state index contributed by atoms with van der Waals surface area (Å²) in [5, 5.41) is 9.89. The van der Waals surface area contributed by atoms with Gasteiger partial charge in [-0.1, -0.05) is 18.7 Å². The van der Waals surface area contributed by atoms with Crippen LogP contribution in [0.2, 0.25) is 0 Å². The molecule has 6 nitrogen and oxygen atoms in total. The largest absolute Gasteiger partial charge is 0.508 e. The average molecular weight is 302 g/mol. The Bertz CT molecular complexity index is 625. The molecule has 0 atom stereocenters. The minimum absolute atomic E-state index is 0.0856. The maximum absolute atomic E-state index is 11.4. The van der Waals surface area contributed by atoms with Crippen LogP contribution in [-0.2, 0) is 9.59 Å². The highest BCUT2D eigenvalue weighted by atomic mass is 16.3. The van der Waals surface area contributed by atoms with E-state index in [1.165, 1.54) is 31.5 Å². The molecule has 0 unspecified atom stereocenters. The minimum Gasteiger partial charge on any atom is -0.508 e. The van der Waals surface area contributed by atoms with Crippen molar-refractivity contribution in [3.8, 4) is 0 Å². The summed E-state index contributed by atoms with van der Waals surface area (Å²) in [6.45, 7) is 5.25. The van der Waals surface area contributed by atoms with Crippen LogP contribution in [0.1, 0.15) is 12.7 Å². The van der Waals surface area contributed by atoms with Crippen LogP contribution in [0.3, 0.4) is 0 Å². The molecule has 0 radical (unpaired) electrons. The minimum atomic E-state index is -0.408.